The first-order valence-corrected chi connectivity index (χ1v) is 7.60. The number of hydrogen-bond acceptors (Lipinski definition) is 3. The lowest BCUT2D eigenvalue weighted by molar-refractivity contribution is 0.0976. The molecule has 0 N–H and O–H groups in total. The van der Waals surface area contributed by atoms with Gasteiger partial charge >= 0.3 is 0 Å². The van der Waals surface area contributed by atoms with Gasteiger partial charge < -0.3 is 0 Å². The van der Waals surface area contributed by atoms with Gasteiger partial charge in [-0.1, -0.05) is 24.3 Å². The molecule has 0 atom stereocenters. The van der Waals surface area contributed by atoms with Crippen LogP contribution in [0.5, 0.6) is 0 Å². The van der Waals surface area contributed by atoms with Gasteiger partial charge in [0.15, 0.2) is 5.78 Å². The highest BCUT2D eigenvalue weighted by Crippen LogP contribution is 2.33. The molecule has 1 aromatic carbocycles. The molecule has 2 aromatic rings. The van der Waals surface area contributed by atoms with Crippen LogP contribution in [0.25, 0.3) is 0 Å². The molecule has 0 bridgehead atoms. The highest BCUT2D eigenvalue weighted by atomic mass is 35.5. The Hall–Kier alpha value is -1.74. The molecular formula is C17H17ClN2O. The van der Waals surface area contributed by atoms with Crippen molar-refractivity contribution in [1.29, 1.82) is 0 Å². The number of halogens is 1. The monoisotopic (exact) mass is 300 g/mol. The van der Waals surface area contributed by atoms with Gasteiger partial charge in [0.25, 0.3) is 0 Å². The van der Waals surface area contributed by atoms with Crippen molar-refractivity contribution in [2.45, 2.75) is 32.6 Å². The van der Waals surface area contributed by atoms with Crippen LogP contribution in [0.2, 0.25) is 5.28 Å². The summed E-state index contributed by atoms with van der Waals surface area (Å²) < 4.78 is 0. The molecule has 1 aliphatic carbocycles. The number of carbonyl (C=O) groups excluding carboxylic acids is 1. The Morgan fingerprint density at radius 3 is 2.67 bits per heavy atom. The molecule has 1 heterocycles. The molecule has 0 aliphatic heterocycles. The fourth-order valence-corrected chi connectivity index (χ4v) is 2.49. The van der Waals surface area contributed by atoms with E-state index in [1.165, 1.54) is 12.8 Å². The fraction of sp³-hybridized carbons (Fsp3) is 0.353. The van der Waals surface area contributed by atoms with Crippen molar-refractivity contribution in [3.05, 3.63) is 58.1 Å². The minimum absolute atomic E-state index is 0.255. The molecule has 0 spiro atoms. The van der Waals surface area contributed by atoms with E-state index in [0.717, 1.165) is 22.4 Å². The molecule has 21 heavy (non-hydrogen) atoms. The second-order valence-electron chi connectivity index (χ2n) is 5.71. The summed E-state index contributed by atoms with van der Waals surface area (Å²) in [4.78, 5) is 20.2. The third kappa shape index (κ3) is 3.67. The molecule has 0 unspecified atom stereocenters. The van der Waals surface area contributed by atoms with Gasteiger partial charge in [0.05, 0.1) is 5.69 Å². The molecule has 1 aliphatic rings. The van der Waals surface area contributed by atoms with Crippen LogP contribution in [0.3, 0.4) is 0 Å². The van der Waals surface area contributed by atoms with Gasteiger partial charge in [-0.15, -0.1) is 0 Å². The van der Waals surface area contributed by atoms with E-state index in [2.05, 4.69) is 9.97 Å². The number of aryl methyl sites for hydroxylation is 1. The average Bonchev–Trinajstić information content (AvgIpc) is 3.27. The third-order valence-corrected chi connectivity index (χ3v) is 4.05. The lowest BCUT2D eigenvalue weighted by atomic mass is 10.0. The lowest BCUT2D eigenvalue weighted by Gasteiger charge is -2.06. The second kappa shape index (κ2) is 5.94. The summed E-state index contributed by atoms with van der Waals surface area (Å²) in [6, 6.07) is 7.82. The van der Waals surface area contributed by atoms with E-state index in [4.69, 9.17) is 11.6 Å². The first-order valence-electron chi connectivity index (χ1n) is 7.22. The molecule has 1 aromatic heterocycles. The Morgan fingerprint density at radius 1 is 1.29 bits per heavy atom. The SMILES string of the molecule is Cc1cnc(Cl)nc1Cc1ccc(C(=O)CC2CC2)cc1. The minimum atomic E-state index is 0.255. The van der Waals surface area contributed by atoms with Crippen molar-refractivity contribution in [3.63, 3.8) is 0 Å². The van der Waals surface area contributed by atoms with Gasteiger partial charge in [0.1, 0.15) is 0 Å². The van der Waals surface area contributed by atoms with Crippen molar-refractivity contribution >= 4 is 17.4 Å². The number of carbonyl (C=O) groups is 1. The zero-order valence-electron chi connectivity index (χ0n) is 12.0. The number of nitrogens with zero attached hydrogens (tertiary/aromatic N) is 2. The van der Waals surface area contributed by atoms with Crippen molar-refractivity contribution in [2.75, 3.05) is 0 Å². The van der Waals surface area contributed by atoms with Crippen LogP contribution < -0.4 is 0 Å². The average molecular weight is 301 g/mol. The summed E-state index contributed by atoms with van der Waals surface area (Å²) in [6.07, 6.45) is 5.54. The maximum atomic E-state index is 12.0. The lowest BCUT2D eigenvalue weighted by Crippen LogP contribution is -2.01. The predicted molar refractivity (Wildman–Crippen MR) is 82.7 cm³/mol. The largest absolute Gasteiger partial charge is 0.294 e. The van der Waals surface area contributed by atoms with E-state index in [1.54, 1.807) is 6.20 Å². The standard InChI is InChI=1S/C17H17ClN2O/c1-11-10-19-17(18)20-15(11)8-12-4-6-14(7-5-12)16(21)9-13-2-3-13/h4-7,10,13H,2-3,8-9H2,1H3. The van der Waals surface area contributed by atoms with Crippen LogP contribution in [0, 0.1) is 12.8 Å². The topological polar surface area (TPSA) is 42.9 Å². The Balaban J connectivity index is 1.71. The minimum Gasteiger partial charge on any atom is -0.294 e. The summed E-state index contributed by atoms with van der Waals surface area (Å²) in [5, 5.41) is 0.270. The molecule has 1 fully saturated rings. The van der Waals surface area contributed by atoms with E-state index < -0.39 is 0 Å². The molecule has 0 amide bonds. The highest BCUT2D eigenvalue weighted by molar-refractivity contribution is 6.28. The zero-order chi connectivity index (χ0) is 14.8. The van der Waals surface area contributed by atoms with Crippen molar-refractivity contribution < 1.29 is 4.79 Å². The van der Waals surface area contributed by atoms with Crippen LogP contribution in [0.1, 0.15) is 46.4 Å². The summed E-state index contributed by atoms with van der Waals surface area (Å²) >= 11 is 5.84. The van der Waals surface area contributed by atoms with Crippen molar-refractivity contribution in [3.8, 4) is 0 Å². The maximum absolute atomic E-state index is 12.0. The summed E-state index contributed by atoms with van der Waals surface area (Å²) in [6.45, 7) is 1.97. The number of rotatable bonds is 5. The summed E-state index contributed by atoms with van der Waals surface area (Å²) in [5.74, 6) is 0.883. The summed E-state index contributed by atoms with van der Waals surface area (Å²) in [7, 11) is 0. The van der Waals surface area contributed by atoms with Crippen molar-refractivity contribution in [1.82, 2.24) is 9.97 Å². The molecule has 3 nitrogen and oxygen atoms in total. The van der Waals surface area contributed by atoms with Gasteiger partial charge in [-0.05, 0) is 48.4 Å². The van der Waals surface area contributed by atoms with E-state index in [0.29, 0.717) is 18.8 Å². The molecule has 1 saturated carbocycles. The summed E-state index contributed by atoms with van der Waals surface area (Å²) in [5.41, 5.74) is 3.87. The number of hydrogen-bond donors (Lipinski definition) is 0. The molecular weight excluding hydrogens is 284 g/mol. The van der Waals surface area contributed by atoms with E-state index >= 15 is 0 Å². The number of Topliss-reactive ketones (excluding diaryl/α,β-unsaturated/α-hetero) is 1. The number of ketones is 1. The zero-order valence-corrected chi connectivity index (χ0v) is 12.7. The number of benzene rings is 1. The van der Waals surface area contributed by atoms with Crippen LogP contribution in [-0.4, -0.2) is 15.8 Å². The smallest absolute Gasteiger partial charge is 0.222 e. The highest BCUT2D eigenvalue weighted by Gasteiger charge is 2.24. The van der Waals surface area contributed by atoms with Gasteiger partial charge in [0.2, 0.25) is 5.28 Å². The predicted octanol–water partition coefficient (Wildman–Crippen LogP) is 4.01. The van der Waals surface area contributed by atoms with Crippen molar-refractivity contribution in [2.24, 2.45) is 5.92 Å². The Kier molecular flexibility index (Phi) is 4.02. The normalized spacial score (nSPS) is 14.2. The Labute approximate surface area is 129 Å². The van der Waals surface area contributed by atoms with Crippen LogP contribution >= 0.6 is 11.6 Å². The Bertz CT molecular complexity index is 663. The Morgan fingerprint density at radius 2 is 2.00 bits per heavy atom. The van der Waals surface area contributed by atoms with E-state index in [9.17, 15) is 4.79 Å². The van der Waals surface area contributed by atoms with Gasteiger partial charge in [-0.2, -0.15) is 0 Å². The third-order valence-electron chi connectivity index (χ3n) is 3.87. The van der Waals surface area contributed by atoms with Gasteiger partial charge in [-0.25, -0.2) is 9.97 Å². The quantitative estimate of drug-likeness (QED) is 0.619. The number of aromatic nitrogens is 2. The molecule has 0 saturated heterocycles. The second-order valence-corrected chi connectivity index (χ2v) is 6.05. The molecule has 0 radical (unpaired) electrons. The van der Waals surface area contributed by atoms with E-state index in [-0.39, 0.29) is 11.1 Å². The van der Waals surface area contributed by atoms with Gasteiger partial charge in [-0.3, -0.25) is 4.79 Å². The first-order chi connectivity index (χ1) is 10.1. The molecule has 3 rings (SSSR count). The maximum Gasteiger partial charge on any atom is 0.222 e. The molecule has 108 valence electrons. The first kappa shape index (κ1) is 14.2. The molecule has 4 heteroatoms. The van der Waals surface area contributed by atoms with Crippen LogP contribution in [0.4, 0.5) is 0 Å². The fourth-order valence-electron chi connectivity index (χ4n) is 2.34. The van der Waals surface area contributed by atoms with Crippen LogP contribution in [0.15, 0.2) is 30.5 Å². The van der Waals surface area contributed by atoms with Gasteiger partial charge in [0, 0.05) is 24.6 Å². The van der Waals surface area contributed by atoms with Crippen LogP contribution in [-0.2, 0) is 6.42 Å². The van der Waals surface area contributed by atoms with E-state index in [1.807, 2.05) is 31.2 Å².